The van der Waals surface area contributed by atoms with Gasteiger partial charge < -0.3 is 10.8 Å². The number of fused-ring (bicyclic) bond motifs is 1. The van der Waals surface area contributed by atoms with E-state index in [-0.39, 0.29) is 12.1 Å². The van der Waals surface area contributed by atoms with Gasteiger partial charge >= 0.3 is 0 Å². The van der Waals surface area contributed by atoms with E-state index in [1.165, 1.54) is 0 Å². The van der Waals surface area contributed by atoms with E-state index < -0.39 is 0 Å². The van der Waals surface area contributed by atoms with E-state index in [2.05, 4.69) is 0 Å². The lowest BCUT2D eigenvalue weighted by Crippen LogP contribution is -2.20. The summed E-state index contributed by atoms with van der Waals surface area (Å²) in [6, 6.07) is 7.99. The van der Waals surface area contributed by atoms with Crippen molar-refractivity contribution in [2.45, 2.75) is 25.0 Å². The molecule has 0 fully saturated rings. The van der Waals surface area contributed by atoms with Gasteiger partial charge in [0.05, 0.1) is 6.10 Å². The first-order chi connectivity index (χ1) is 5.79. The second-order valence-corrected chi connectivity index (χ2v) is 3.33. The smallest absolute Gasteiger partial charge is 0.0794 e. The first-order valence-electron chi connectivity index (χ1n) is 4.31. The maximum Gasteiger partial charge on any atom is 0.0794 e. The van der Waals surface area contributed by atoms with E-state index in [1.54, 1.807) is 0 Å². The first kappa shape index (κ1) is 7.77. The number of nitrogens with two attached hydrogens (primary N) is 1. The van der Waals surface area contributed by atoms with E-state index in [0.29, 0.717) is 0 Å². The predicted molar refractivity (Wildman–Crippen MR) is 47.6 cm³/mol. The lowest BCUT2D eigenvalue weighted by atomic mass is 9.86. The van der Waals surface area contributed by atoms with Crippen molar-refractivity contribution in [3.05, 3.63) is 35.4 Å². The largest absolute Gasteiger partial charge is 0.388 e. The summed E-state index contributed by atoms with van der Waals surface area (Å²) in [6.07, 6.45) is 1.37. The first-order valence-corrected chi connectivity index (χ1v) is 4.31. The fourth-order valence-electron chi connectivity index (χ4n) is 1.80. The highest BCUT2D eigenvalue weighted by Crippen LogP contribution is 2.33. The van der Waals surface area contributed by atoms with Crippen LogP contribution in [0.15, 0.2) is 24.3 Å². The summed E-state index contributed by atoms with van der Waals surface area (Å²) < 4.78 is 0. The van der Waals surface area contributed by atoms with Gasteiger partial charge in [-0.2, -0.15) is 0 Å². The van der Waals surface area contributed by atoms with Crippen LogP contribution in [0.5, 0.6) is 0 Å². The lowest BCUT2D eigenvalue weighted by Gasteiger charge is -2.25. The van der Waals surface area contributed by atoms with Crippen molar-refractivity contribution in [2.75, 3.05) is 0 Å². The number of hydrogen-bond acceptors (Lipinski definition) is 2. The molecule has 12 heavy (non-hydrogen) atoms. The SMILES string of the molecule is NC1CC[C@@H](O)c2ccccc21. The van der Waals surface area contributed by atoms with Crippen molar-refractivity contribution in [3.63, 3.8) is 0 Å². The van der Waals surface area contributed by atoms with Crippen LogP contribution in [0.2, 0.25) is 0 Å². The number of aliphatic hydroxyl groups is 1. The van der Waals surface area contributed by atoms with Crippen LogP contribution < -0.4 is 5.73 Å². The van der Waals surface area contributed by atoms with Crippen LogP contribution in [-0.2, 0) is 0 Å². The van der Waals surface area contributed by atoms with Crippen molar-refractivity contribution in [3.8, 4) is 0 Å². The third-order valence-electron chi connectivity index (χ3n) is 2.51. The lowest BCUT2D eigenvalue weighted by molar-refractivity contribution is 0.151. The Morgan fingerprint density at radius 1 is 1.17 bits per heavy atom. The minimum absolute atomic E-state index is 0.115. The van der Waals surface area contributed by atoms with E-state index in [1.807, 2.05) is 24.3 Å². The Kier molecular flexibility index (Phi) is 1.87. The zero-order chi connectivity index (χ0) is 8.55. The molecule has 2 heteroatoms. The van der Waals surface area contributed by atoms with Crippen LogP contribution in [0.3, 0.4) is 0 Å². The Bertz CT molecular complexity index is 256. The normalized spacial score (nSPS) is 28.2. The van der Waals surface area contributed by atoms with E-state index in [4.69, 9.17) is 5.73 Å². The highest BCUT2D eigenvalue weighted by molar-refractivity contribution is 5.33. The van der Waals surface area contributed by atoms with Gasteiger partial charge in [-0.1, -0.05) is 24.3 Å². The molecule has 0 saturated carbocycles. The Hall–Kier alpha value is -0.860. The van der Waals surface area contributed by atoms with Crippen molar-refractivity contribution in [2.24, 2.45) is 5.73 Å². The van der Waals surface area contributed by atoms with Crippen molar-refractivity contribution < 1.29 is 5.11 Å². The molecule has 0 bridgehead atoms. The van der Waals surface area contributed by atoms with E-state index in [0.717, 1.165) is 24.0 Å². The topological polar surface area (TPSA) is 46.2 Å². The quantitative estimate of drug-likeness (QED) is 0.609. The predicted octanol–water partition coefficient (Wildman–Crippen LogP) is 1.51. The highest BCUT2D eigenvalue weighted by Gasteiger charge is 2.22. The Balaban J connectivity index is 2.47. The molecule has 64 valence electrons. The van der Waals surface area contributed by atoms with Crippen LogP contribution in [0.25, 0.3) is 0 Å². The third-order valence-corrected chi connectivity index (χ3v) is 2.51. The van der Waals surface area contributed by atoms with Gasteiger partial charge in [0, 0.05) is 6.04 Å². The number of hydrogen-bond donors (Lipinski definition) is 2. The van der Waals surface area contributed by atoms with Crippen molar-refractivity contribution in [1.82, 2.24) is 0 Å². The number of aliphatic hydroxyl groups excluding tert-OH is 1. The Morgan fingerprint density at radius 3 is 2.50 bits per heavy atom. The summed E-state index contributed by atoms with van der Waals surface area (Å²) in [5.74, 6) is 0. The average Bonchev–Trinajstić information content (AvgIpc) is 2.12. The standard InChI is InChI=1S/C10H13NO/c11-9-5-6-10(12)8-4-2-1-3-7(8)9/h1-4,9-10,12H,5-6,11H2/t9?,10-/m1/s1. The van der Waals surface area contributed by atoms with Crippen LogP contribution in [0.1, 0.15) is 36.1 Å². The molecule has 0 amide bonds. The molecular weight excluding hydrogens is 150 g/mol. The zero-order valence-electron chi connectivity index (χ0n) is 6.90. The summed E-state index contributed by atoms with van der Waals surface area (Å²) in [5, 5.41) is 9.62. The molecule has 0 radical (unpaired) electrons. The Labute approximate surface area is 72.0 Å². The average molecular weight is 163 g/mol. The monoisotopic (exact) mass is 163 g/mol. The fraction of sp³-hybridized carbons (Fsp3) is 0.400. The second kappa shape index (κ2) is 2.88. The van der Waals surface area contributed by atoms with Gasteiger partial charge in [-0.15, -0.1) is 0 Å². The molecule has 0 aromatic heterocycles. The maximum absolute atomic E-state index is 9.62. The molecule has 1 aliphatic carbocycles. The van der Waals surface area contributed by atoms with Crippen LogP contribution in [-0.4, -0.2) is 5.11 Å². The van der Waals surface area contributed by atoms with Gasteiger partial charge in [0.1, 0.15) is 0 Å². The van der Waals surface area contributed by atoms with E-state index in [9.17, 15) is 5.11 Å². The van der Waals surface area contributed by atoms with Crippen LogP contribution in [0, 0.1) is 0 Å². The van der Waals surface area contributed by atoms with Crippen LogP contribution >= 0.6 is 0 Å². The van der Waals surface area contributed by atoms with E-state index >= 15 is 0 Å². The minimum Gasteiger partial charge on any atom is -0.388 e. The van der Waals surface area contributed by atoms with Gasteiger partial charge in [-0.05, 0) is 24.0 Å². The zero-order valence-corrected chi connectivity index (χ0v) is 6.90. The summed E-state index contributed by atoms with van der Waals surface area (Å²) in [7, 11) is 0. The molecule has 0 spiro atoms. The summed E-state index contributed by atoms with van der Waals surface area (Å²) in [5.41, 5.74) is 8.02. The highest BCUT2D eigenvalue weighted by atomic mass is 16.3. The minimum atomic E-state index is -0.305. The molecule has 0 aliphatic heterocycles. The summed E-state index contributed by atoms with van der Waals surface area (Å²) in [4.78, 5) is 0. The molecule has 2 rings (SSSR count). The summed E-state index contributed by atoms with van der Waals surface area (Å²) >= 11 is 0. The molecule has 3 N–H and O–H groups in total. The number of rotatable bonds is 0. The second-order valence-electron chi connectivity index (χ2n) is 3.33. The maximum atomic E-state index is 9.62. The molecule has 1 unspecified atom stereocenters. The molecule has 1 aliphatic rings. The molecule has 1 aromatic carbocycles. The van der Waals surface area contributed by atoms with Crippen molar-refractivity contribution in [1.29, 1.82) is 0 Å². The number of benzene rings is 1. The molecule has 0 heterocycles. The van der Waals surface area contributed by atoms with Crippen molar-refractivity contribution >= 4 is 0 Å². The van der Waals surface area contributed by atoms with Gasteiger partial charge in [0.15, 0.2) is 0 Å². The van der Waals surface area contributed by atoms with Crippen LogP contribution in [0.4, 0.5) is 0 Å². The van der Waals surface area contributed by atoms with Gasteiger partial charge in [0.2, 0.25) is 0 Å². The molecule has 0 saturated heterocycles. The fourth-order valence-corrected chi connectivity index (χ4v) is 1.80. The molecule has 1 aromatic rings. The van der Waals surface area contributed by atoms with Gasteiger partial charge in [-0.25, -0.2) is 0 Å². The summed E-state index contributed by atoms with van der Waals surface area (Å²) in [6.45, 7) is 0. The molecule has 2 atom stereocenters. The molecular formula is C10H13NO. The van der Waals surface area contributed by atoms with Gasteiger partial charge in [0.25, 0.3) is 0 Å². The third kappa shape index (κ3) is 1.13. The Morgan fingerprint density at radius 2 is 1.83 bits per heavy atom. The van der Waals surface area contributed by atoms with Gasteiger partial charge in [-0.3, -0.25) is 0 Å². The molecule has 2 nitrogen and oxygen atoms in total.